The Bertz CT molecular complexity index is 720. The summed E-state index contributed by atoms with van der Waals surface area (Å²) in [4.78, 5) is 16.7. The van der Waals surface area contributed by atoms with Crippen molar-refractivity contribution >= 4 is 40.4 Å². The van der Waals surface area contributed by atoms with E-state index in [4.69, 9.17) is 23.2 Å². The number of carbonyl (C=O) groups is 1. The fourth-order valence-electron chi connectivity index (χ4n) is 2.84. The van der Waals surface area contributed by atoms with Crippen LogP contribution in [0.15, 0.2) is 30.3 Å². The Balaban J connectivity index is 1.61. The zero-order valence-electron chi connectivity index (χ0n) is 13.0. The van der Waals surface area contributed by atoms with Crippen molar-refractivity contribution in [1.29, 1.82) is 0 Å². The molecule has 1 fully saturated rings. The van der Waals surface area contributed by atoms with Gasteiger partial charge in [-0.1, -0.05) is 35.3 Å². The molecule has 2 aromatic rings. The molecule has 24 heavy (non-hydrogen) atoms. The lowest BCUT2D eigenvalue weighted by Crippen LogP contribution is -2.35. The van der Waals surface area contributed by atoms with E-state index in [1.165, 1.54) is 23.5 Å². The third kappa shape index (κ3) is 4.28. The summed E-state index contributed by atoms with van der Waals surface area (Å²) in [6.45, 7) is 3.78. The molecule has 7 heteroatoms. The van der Waals surface area contributed by atoms with Crippen LogP contribution in [0.3, 0.4) is 0 Å². The molecular formula is C17H17Cl2FN2OS. The molecule has 1 aliphatic rings. The Morgan fingerprint density at radius 3 is 2.54 bits per heavy atom. The summed E-state index contributed by atoms with van der Waals surface area (Å²) in [6, 6.07) is 8.20. The van der Waals surface area contributed by atoms with E-state index < -0.39 is 0 Å². The number of thiophene rings is 1. The number of benzene rings is 1. The van der Waals surface area contributed by atoms with E-state index in [-0.39, 0.29) is 11.7 Å². The normalized spacial score (nSPS) is 16.2. The minimum Gasteiger partial charge on any atom is -0.337 e. The lowest BCUT2D eigenvalue weighted by molar-refractivity contribution is 0.0762. The standard InChI is InChI=1S/C17H17Cl2FN2OS/c18-15-10-14(16(19)24-15)17(23)22-7-1-6-21(8-9-22)11-12-2-4-13(20)5-3-12/h2-5,10H,1,6-9,11H2. The number of hydrogen-bond acceptors (Lipinski definition) is 3. The van der Waals surface area contributed by atoms with Gasteiger partial charge in [0, 0.05) is 32.7 Å². The van der Waals surface area contributed by atoms with Gasteiger partial charge in [-0.2, -0.15) is 0 Å². The van der Waals surface area contributed by atoms with Gasteiger partial charge in [-0.25, -0.2) is 4.39 Å². The molecule has 0 aliphatic carbocycles. The number of amides is 1. The highest BCUT2D eigenvalue weighted by atomic mass is 35.5. The third-order valence-electron chi connectivity index (χ3n) is 4.08. The Labute approximate surface area is 154 Å². The molecule has 1 amide bonds. The molecule has 2 heterocycles. The van der Waals surface area contributed by atoms with Crippen molar-refractivity contribution < 1.29 is 9.18 Å². The maximum atomic E-state index is 13.0. The number of carbonyl (C=O) groups excluding carboxylic acids is 1. The second-order valence-electron chi connectivity index (χ2n) is 5.79. The van der Waals surface area contributed by atoms with Gasteiger partial charge >= 0.3 is 0 Å². The second-order valence-corrected chi connectivity index (χ2v) is 8.07. The maximum absolute atomic E-state index is 13.0. The second kappa shape index (κ2) is 7.83. The number of nitrogens with zero attached hydrogens (tertiary/aromatic N) is 2. The van der Waals surface area contributed by atoms with Crippen LogP contribution in [0.5, 0.6) is 0 Å². The lowest BCUT2D eigenvalue weighted by atomic mass is 10.2. The van der Waals surface area contributed by atoms with E-state index in [1.54, 1.807) is 18.2 Å². The summed E-state index contributed by atoms with van der Waals surface area (Å²) in [5, 5.41) is 0. The van der Waals surface area contributed by atoms with Gasteiger partial charge in [-0.15, -0.1) is 11.3 Å². The smallest absolute Gasteiger partial charge is 0.256 e. The molecule has 0 saturated carbocycles. The van der Waals surface area contributed by atoms with Gasteiger partial charge in [0.25, 0.3) is 5.91 Å². The van der Waals surface area contributed by atoms with Crippen LogP contribution in [0.1, 0.15) is 22.3 Å². The van der Waals surface area contributed by atoms with Gasteiger partial charge in [0.15, 0.2) is 0 Å². The molecule has 3 nitrogen and oxygen atoms in total. The molecule has 0 radical (unpaired) electrons. The lowest BCUT2D eigenvalue weighted by Gasteiger charge is -2.22. The third-order valence-corrected chi connectivity index (χ3v) is 5.57. The molecule has 1 saturated heterocycles. The van der Waals surface area contributed by atoms with Gasteiger partial charge in [0.05, 0.1) is 9.90 Å². The van der Waals surface area contributed by atoms with E-state index in [1.807, 2.05) is 4.90 Å². The Morgan fingerprint density at radius 1 is 1.12 bits per heavy atom. The first-order chi connectivity index (χ1) is 11.5. The van der Waals surface area contributed by atoms with Crippen molar-refractivity contribution in [3.63, 3.8) is 0 Å². The number of hydrogen-bond donors (Lipinski definition) is 0. The van der Waals surface area contributed by atoms with Crippen LogP contribution in [0.2, 0.25) is 8.67 Å². The molecule has 1 aliphatic heterocycles. The van der Waals surface area contributed by atoms with E-state index in [0.29, 0.717) is 27.3 Å². The van der Waals surface area contributed by atoms with Crippen molar-refractivity contribution in [3.8, 4) is 0 Å². The fraction of sp³-hybridized carbons (Fsp3) is 0.353. The number of rotatable bonds is 3. The first kappa shape index (κ1) is 17.7. The Morgan fingerprint density at radius 2 is 1.88 bits per heavy atom. The van der Waals surface area contributed by atoms with Crippen LogP contribution in [0.25, 0.3) is 0 Å². The monoisotopic (exact) mass is 386 g/mol. The van der Waals surface area contributed by atoms with E-state index >= 15 is 0 Å². The van der Waals surface area contributed by atoms with Crippen LogP contribution >= 0.6 is 34.5 Å². The molecule has 0 atom stereocenters. The summed E-state index contributed by atoms with van der Waals surface area (Å²) in [5.41, 5.74) is 1.56. The van der Waals surface area contributed by atoms with Crippen LogP contribution in [-0.2, 0) is 6.54 Å². The predicted octanol–water partition coefficient (Wildman–Crippen LogP) is 4.54. The minimum absolute atomic E-state index is 0.0632. The zero-order valence-corrected chi connectivity index (χ0v) is 15.3. The molecular weight excluding hydrogens is 370 g/mol. The number of halogens is 3. The van der Waals surface area contributed by atoms with Crippen molar-refractivity contribution in [2.45, 2.75) is 13.0 Å². The summed E-state index contributed by atoms with van der Waals surface area (Å²) in [5.74, 6) is -0.288. The van der Waals surface area contributed by atoms with E-state index in [2.05, 4.69) is 4.90 Å². The topological polar surface area (TPSA) is 23.6 Å². The summed E-state index contributed by atoms with van der Waals surface area (Å²) >= 11 is 13.2. The van der Waals surface area contributed by atoms with Gasteiger partial charge in [-0.3, -0.25) is 9.69 Å². The van der Waals surface area contributed by atoms with E-state index in [0.717, 1.165) is 31.6 Å². The van der Waals surface area contributed by atoms with Gasteiger partial charge < -0.3 is 4.90 Å². The summed E-state index contributed by atoms with van der Waals surface area (Å²) < 4.78 is 14.0. The predicted molar refractivity (Wildman–Crippen MR) is 96.5 cm³/mol. The Hall–Kier alpha value is -1.14. The van der Waals surface area contributed by atoms with Crippen molar-refractivity contribution in [3.05, 3.63) is 55.9 Å². The fourth-order valence-corrected chi connectivity index (χ4v) is 4.28. The molecule has 0 bridgehead atoms. The first-order valence-corrected chi connectivity index (χ1v) is 9.31. The highest BCUT2D eigenvalue weighted by Crippen LogP contribution is 2.32. The molecule has 1 aromatic heterocycles. The van der Waals surface area contributed by atoms with Crippen LogP contribution in [0.4, 0.5) is 4.39 Å². The maximum Gasteiger partial charge on any atom is 0.256 e. The first-order valence-electron chi connectivity index (χ1n) is 7.74. The van der Waals surface area contributed by atoms with Crippen LogP contribution < -0.4 is 0 Å². The zero-order chi connectivity index (χ0) is 17.1. The SMILES string of the molecule is O=C(c1cc(Cl)sc1Cl)N1CCCN(Cc2ccc(F)cc2)CC1. The molecule has 0 N–H and O–H groups in total. The highest BCUT2D eigenvalue weighted by molar-refractivity contribution is 7.20. The Kier molecular flexibility index (Phi) is 5.76. The molecule has 3 rings (SSSR count). The molecule has 128 valence electrons. The summed E-state index contributed by atoms with van der Waals surface area (Å²) in [6.07, 6.45) is 0.891. The van der Waals surface area contributed by atoms with Crippen molar-refractivity contribution in [1.82, 2.24) is 9.80 Å². The van der Waals surface area contributed by atoms with Crippen LogP contribution in [-0.4, -0.2) is 41.9 Å². The highest BCUT2D eigenvalue weighted by Gasteiger charge is 2.23. The average molecular weight is 387 g/mol. The van der Waals surface area contributed by atoms with Crippen LogP contribution in [0, 0.1) is 5.82 Å². The van der Waals surface area contributed by atoms with Crippen molar-refractivity contribution in [2.75, 3.05) is 26.2 Å². The summed E-state index contributed by atoms with van der Waals surface area (Å²) in [7, 11) is 0. The van der Waals surface area contributed by atoms with Gasteiger partial charge in [0.2, 0.25) is 0 Å². The largest absolute Gasteiger partial charge is 0.337 e. The van der Waals surface area contributed by atoms with Gasteiger partial charge in [-0.05, 0) is 30.2 Å². The minimum atomic E-state index is -0.224. The molecule has 0 spiro atoms. The molecule has 0 unspecified atom stereocenters. The quantitative estimate of drug-likeness (QED) is 0.772. The van der Waals surface area contributed by atoms with Gasteiger partial charge in [0.1, 0.15) is 10.2 Å². The molecule has 1 aromatic carbocycles. The van der Waals surface area contributed by atoms with E-state index in [9.17, 15) is 9.18 Å². The average Bonchev–Trinajstić information content (AvgIpc) is 2.75. The van der Waals surface area contributed by atoms with Crippen molar-refractivity contribution in [2.24, 2.45) is 0 Å².